The number of rotatable bonds is 6. The summed E-state index contributed by atoms with van der Waals surface area (Å²) in [5, 5.41) is 0. The molecule has 0 heterocycles. The van der Waals surface area contributed by atoms with E-state index in [0.717, 1.165) is 0 Å². The second kappa shape index (κ2) is 17.2. The highest BCUT2D eigenvalue weighted by molar-refractivity contribution is 7.16. The Morgan fingerprint density at radius 3 is 1.33 bits per heavy atom. The van der Waals surface area contributed by atoms with Crippen LogP contribution in [0.2, 0.25) is 0 Å². The van der Waals surface area contributed by atoms with E-state index in [1.807, 2.05) is 36.4 Å². The zero-order valence-electron chi connectivity index (χ0n) is 16.5. The van der Waals surface area contributed by atoms with Gasteiger partial charge in [0, 0.05) is 0 Å². The molecular formula is C22H31O4P. The van der Waals surface area contributed by atoms with Crippen molar-refractivity contribution in [1.29, 1.82) is 0 Å². The number of carbonyl (C=O) groups is 2. The zero-order chi connectivity index (χ0) is 20.3. The summed E-state index contributed by atoms with van der Waals surface area (Å²) in [5.74, 6) is -1.02. The van der Waals surface area contributed by atoms with Gasteiger partial charge >= 0.3 is 11.9 Å². The predicted octanol–water partition coefficient (Wildman–Crippen LogP) is 5.39. The fraction of sp³-hybridized carbons (Fsp3) is 0.364. The van der Waals surface area contributed by atoms with Gasteiger partial charge in [0.15, 0.2) is 0 Å². The molecule has 0 spiro atoms. The Balaban J connectivity index is 0.000000500. The van der Waals surface area contributed by atoms with Gasteiger partial charge in [-0.05, 0) is 32.1 Å². The lowest BCUT2D eigenvalue weighted by molar-refractivity contribution is 0.0479. The number of esters is 2. The molecule has 0 amide bonds. The van der Waals surface area contributed by atoms with Gasteiger partial charge in [-0.15, -0.1) is 9.24 Å². The van der Waals surface area contributed by atoms with Crippen molar-refractivity contribution < 1.29 is 19.1 Å². The summed E-state index contributed by atoms with van der Waals surface area (Å²) in [6.45, 7) is 6.17. The molecule has 0 N–H and O–H groups in total. The van der Waals surface area contributed by atoms with E-state index in [1.54, 1.807) is 38.1 Å². The molecule has 5 heteroatoms. The molecule has 148 valence electrons. The summed E-state index contributed by atoms with van der Waals surface area (Å²) in [6.07, 6.45) is 3.94. The molecule has 0 fully saturated rings. The summed E-state index contributed by atoms with van der Waals surface area (Å²) in [4.78, 5) is 23.1. The van der Waals surface area contributed by atoms with Crippen LogP contribution >= 0.6 is 9.24 Å². The number of ether oxygens (including phenoxy) is 2. The molecule has 0 aromatic heterocycles. The molecule has 0 aliphatic heterocycles. The van der Waals surface area contributed by atoms with E-state index in [-0.39, 0.29) is 24.3 Å². The lowest BCUT2D eigenvalue weighted by Gasteiger charge is -2.07. The summed E-state index contributed by atoms with van der Waals surface area (Å²) in [5.41, 5.74) is 0.477. The van der Waals surface area contributed by atoms with E-state index in [0.29, 0.717) is 0 Å². The van der Waals surface area contributed by atoms with Crippen molar-refractivity contribution in [3.8, 4) is 0 Å². The largest absolute Gasteiger partial charge is 0.462 e. The van der Waals surface area contributed by atoms with Crippen molar-refractivity contribution in [3.05, 3.63) is 71.8 Å². The predicted molar refractivity (Wildman–Crippen MR) is 114 cm³/mol. The molecule has 0 aliphatic carbocycles. The van der Waals surface area contributed by atoms with Gasteiger partial charge in [-0.25, -0.2) is 9.59 Å². The Bertz CT molecular complexity index is 564. The van der Waals surface area contributed by atoms with E-state index in [1.165, 1.54) is 19.0 Å². The average Bonchev–Trinajstić information content (AvgIpc) is 2.71. The average molecular weight is 390 g/mol. The summed E-state index contributed by atoms with van der Waals surface area (Å²) < 4.78 is 9.70. The van der Waals surface area contributed by atoms with Crippen LogP contribution in [-0.2, 0) is 9.47 Å². The minimum Gasteiger partial charge on any atom is -0.462 e. The molecule has 0 saturated heterocycles. The zero-order valence-corrected chi connectivity index (χ0v) is 17.7. The Morgan fingerprint density at radius 2 is 1.11 bits per heavy atom. The highest BCUT2D eigenvalue weighted by Gasteiger charge is 2.17. The molecule has 0 saturated carbocycles. The van der Waals surface area contributed by atoms with Gasteiger partial charge in [0.25, 0.3) is 0 Å². The second-order valence-corrected chi connectivity index (χ2v) is 5.86. The van der Waals surface area contributed by atoms with E-state index >= 15 is 0 Å². The Morgan fingerprint density at radius 1 is 0.741 bits per heavy atom. The molecule has 2 rings (SSSR count). The highest BCUT2D eigenvalue weighted by atomic mass is 31.0. The maximum Gasteiger partial charge on any atom is 0.338 e. The fourth-order valence-electron chi connectivity index (χ4n) is 1.85. The number of hydrogen-bond acceptors (Lipinski definition) is 4. The third kappa shape index (κ3) is 11.9. The normalized spacial score (nSPS) is 9.04. The molecule has 4 nitrogen and oxygen atoms in total. The van der Waals surface area contributed by atoms with Crippen LogP contribution in [0.5, 0.6) is 0 Å². The van der Waals surface area contributed by atoms with Crippen molar-refractivity contribution in [3.63, 3.8) is 0 Å². The molecule has 0 aliphatic rings. The van der Waals surface area contributed by atoms with Crippen LogP contribution < -0.4 is 0 Å². The van der Waals surface area contributed by atoms with Gasteiger partial charge in [-0.1, -0.05) is 68.3 Å². The molecule has 2 aromatic carbocycles. The third-order valence-corrected chi connectivity index (χ3v) is 3.55. The van der Waals surface area contributed by atoms with E-state index < -0.39 is 11.9 Å². The Labute approximate surface area is 165 Å². The smallest absolute Gasteiger partial charge is 0.338 e. The Hall–Kier alpha value is -2.19. The van der Waals surface area contributed by atoms with E-state index in [9.17, 15) is 9.59 Å². The minimum absolute atomic E-state index is 0.239. The van der Waals surface area contributed by atoms with Gasteiger partial charge in [0.05, 0.1) is 24.3 Å². The second-order valence-electron chi connectivity index (χ2n) is 5.28. The summed E-state index contributed by atoms with van der Waals surface area (Å²) >= 11 is 0. The van der Waals surface area contributed by atoms with Crippen molar-refractivity contribution in [2.24, 2.45) is 0 Å². The molecule has 0 radical (unpaired) electrons. The number of carbonyl (C=O) groups excluding carboxylic acids is 2. The molecule has 1 unspecified atom stereocenters. The fourth-order valence-corrected chi connectivity index (χ4v) is 2.25. The van der Waals surface area contributed by atoms with E-state index in [2.05, 4.69) is 16.2 Å². The molecular weight excluding hydrogens is 359 g/mol. The molecule has 2 aromatic rings. The number of unbranched alkanes of at least 4 members (excludes halogenated alkanes) is 1. The lowest BCUT2D eigenvalue weighted by atomic mass is 10.1. The molecule has 0 bridgehead atoms. The topological polar surface area (TPSA) is 52.6 Å². The minimum atomic E-state index is -0.508. The highest BCUT2D eigenvalue weighted by Crippen LogP contribution is 2.11. The van der Waals surface area contributed by atoms with Crippen LogP contribution in [0.1, 0.15) is 54.3 Å². The third-order valence-electron chi connectivity index (χ3n) is 3.14. The van der Waals surface area contributed by atoms with Gasteiger partial charge in [-0.2, -0.15) is 0 Å². The van der Waals surface area contributed by atoms with E-state index in [4.69, 9.17) is 9.47 Å². The van der Waals surface area contributed by atoms with Crippen LogP contribution in [0.25, 0.3) is 0 Å². The summed E-state index contributed by atoms with van der Waals surface area (Å²) in [6, 6.07) is 18.4. The Kier molecular flexibility index (Phi) is 15.8. The quantitative estimate of drug-likeness (QED) is 0.490. The van der Waals surface area contributed by atoms with Gasteiger partial charge in [-0.3, -0.25) is 0 Å². The molecule has 27 heavy (non-hydrogen) atoms. The van der Waals surface area contributed by atoms with Crippen molar-refractivity contribution in [1.82, 2.24) is 0 Å². The van der Waals surface area contributed by atoms with Gasteiger partial charge in [0.2, 0.25) is 0 Å². The number of benzene rings is 2. The number of hydrogen-bond donors (Lipinski definition) is 0. The maximum absolute atomic E-state index is 11.5. The van der Waals surface area contributed by atoms with Crippen molar-refractivity contribution >= 4 is 21.2 Å². The standard InChI is InChI=1S/C12H14O4.C6H6.C4H11P/c1-3-15-11(13)9-7-5-6-8-10(9)12(14)16-4-2;1-2-4-6-5-3-1;1-2-3-4-5/h5-8H,3-4H2,1-2H3;1-6H;2-5H2,1H3. The summed E-state index contributed by atoms with van der Waals surface area (Å²) in [7, 11) is 2.70. The lowest BCUT2D eigenvalue weighted by Crippen LogP contribution is -2.13. The van der Waals surface area contributed by atoms with Crippen LogP contribution in [0.15, 0.2) is 60.7 Å². The van der Waals surface area contributed by atoms with Crippen LogP contribution in [0.4, 0.5) is 0 Å². The molecule has 1 atom stereocenters. The first-order valence-corrected chi connectivity index (χ1v) is 10.1. The maximum atomic E-state index is 11.5. The first kappa shape index (κ1) is 24.8. The monoisotopic (exact) mass is 390 g/mol. The van der Waals surface area contributed by atoms with Crippen molar-refractivity contribution in [2.45, 2.75) is 33.6 Å². The van der Waals surface area contributed by atoms with Crippen LogP contribution in [0.3, 0.4) is 0 Å². The van der Waals surface area contributed by atoms with Crippen LogP contribution in [0, 0.1) is 0 Å². The van der Waals surface area contributed by atoms with Crippen molar-refractivity contribution in [2.75, 3.05) is 19.4 Å². The SMILES string of the molecule is CCCCP.CCOC(=O)c1ccccc1C(=O)OCC.c1ccccc1. The van der Waals surface area contributed by atoms with Crippen LogP contribution in [-0.4, -0.2) is 31.3 Å². The van der Waals surface area contributed by atoms with Gasteiger partial charge < -0.3 is 9.47 Å². The first-order chi connectivity index (χ1) is 13.1. The first-order valence-electron chi connectivity index (χ1n) is 9.25. The van der Waals surface area contributed by atoms with Gasteiger partial charge in [0.1, 0.15) is 0 Å².